The van der Waals surface area contributed by atoms with E-state index in [-0.39, 0.29) is 23.7 Å². The maximum atomic E-state index is 15.3. The molecule has 0 radical (unpaired) electrons. The fourth-order valence-corrected chi connectivity index (χ4v) is 2.80. The lowest BCUT2D eigenvalue weighted by Gasteiger charge is -2.15. The molecule has 2 N–H and O–H groups in total. The minimum Gasteiger partial charge on any atom is -0.394 e. The first-order valence-electron chi connectivity index (χ1n) is 9.28. The molecular weight excluding hydrogens is 375 g/mol. The Morgan fingerprint density at radius 2 is 2.03 bits per heavy atom. The van der Waals surface area contributed by atoms with Crippen LogP contribution in [0.1, 0.15) is 48.4 Å². The second-order valence-corrected chi connectivity index (χ2v) is 7.24. The van der Waals surface area contributed by atoms with Crippen LogP contribution in [-0.4, -0.2) is 48.9 Å². The van der Waals surface area contributed by atoms with Crippen LogP contribution in [-0.2, 0) is 0 Å². The van der Waals surface area contributed by atoms with E-state index in [9.17, 15) is 9.90 Å². The summed E-state index contributed by atoms with van der Waals surface area (Å²) in [4.78, 5) is 17.0. The van der Waals surface area contributed by atoms with Gasteiger partial charge in [-0.1, -0.05) is 19.9 Å². The molecule has 0 aliphatic heterocycles. The van der Waals surface area contributed by atoms with Crippen molar-refractivity contribution in [2.24, 2.45) is 0 Å². The number of hydrogen-bond acceptors (Lipinski definition) is 6. The summed E-state index contributed by atoms with van der Waals surface area (Å²) in [6, 6.07) is 5.96. The molecule has 1 aromatic carbocycles. The first-order chi connectivity index (χ1) is 13.8. The zero-order valence-electron chi connectivity index (χ0n) is 16.7. The highest BCUT2D eigenvalue weighted by Gasteiger charge is 2.22. The number of pyridine rings is 1. The summed E-state index contributed by atoms with van der Waals surface area (Å²) in [6.07, 6.45) is 1.63. The summed E-state index contributed by atoms with van der Waals surface area (Å²) in [7, 11) is 0. The van der Waals surface area contributed by atoms with Crippen molar-refractivity contribution in [3.05, 3.63) is 53.2 Å². The number of halogens is 1. The van der Waals surface area contributed by atoms with Gasteiger partial charge in [0, 0.05) is 23.7 Å². The molecule has 1 atom stereocenters. The highest BCUT2D eigenvalue weighted by molar-refractivity contribution is 5.96. The van der Waals surface area contributed by atoms with Gasteiger partial charge in [-0.2, -0.15) is 4.68 Å². The second kappa shape index (κ2) is 8.44. The van der Waals surface area contributed by atoms with E-state index >= 15 is 4.39 Å². The molecule has 3 rings (SSSR count). The van der Waals surface area contributed by atoms with E-state index in [1.807, 2.05) is 26.8 Å². The number of tetrazole rings is 1. The van der Waals surface area contributed by atoms with Crippen LogP contribution in [0.5, 0.6) is 0 Å². The van der Waals surface area contributed by atoms with Crippen LogP contribution >= 0.6 is 0 Å². The van der Waals surface area contributed by atoms with Crippen molar-refractivity contribution in [2.75, 3.05) is 6.61 Å². The number of carbonyl (C=O) groups excluding carboxylic acids is 1. The highest BCUT2D eigenvalue weighted by atomic mass is 19.1. The fourth-order valence-electron chi connectivity index (χ4n) is 2.80. The van der Waals surface area contributed by atoms with E-state index in [0.717, 1.165) is 5.56 Å². The molecule has 2 heterocycles. The Morgan fingerprint density at radius 3 is 2.66 bits per heavy atom. The number of nitrogens with zero attached hydrogens (tertiary/aromatic N) is 5. The summed E-state index contributed by atoms with van der Waals surface area (Å²) in [5.74, 6) is -0.748. The van der Waals surface area contributed by atoms with Gasteiger partial charge in [0.1, 0.15) is 5.82 Å². The lowest BCUT2D eigenvalue weighted by atomic mass is 10.0. The molecule has 2 aromatic heterocycles. The lowest BCUT2D eigenvalue weighted by molar-refractivity contribution is 0.0918. The molecule has 152 valence electrons. The average molecular weight is 398 g/mol. The van der Waals surface area contributed by atoms with Crippen LogP contribution in [0.3, 0.4) is 0 Å². The first-order valence-corrected chi connectivity index (χ1v) is 9.28. The number of aryl methyl sites for hydroxylation is 1. The van der Waals surface area contributed by atoms with Crippen LogP contribution < -0.4 is 5.32 Å². The maximum absolute atomic E-state index is 15.3. The molecular formula is C20H23FN6O2. The molecule has 0 saturated carbocycles. The van der Waals surface area contributed by atoms with Gasteiger partial charge in [0.05, 0.1) is 23.6 Å². The number of amides is 1. The zero-order chi connectivity index (χ0) is 21.1. The minimum absolute atomic E-state index is 0.0164. The van der Waals surface area contributed by atoms with Crippen LogP contribution in [0.25, 0.3) is 16.9 Å². The van der Waals surface area contributed by atoms with E-state index in [2.05, 4.69) is 25.8 Å². The fraction of sp³-hybridized carbons (Fsp3) is 0.350. The Balaban J connectivity index is 2.20. The lowest BCUT2D eigenvalue weighted by Crippen LogP contribution is -2.35. The molecule has 3 aromatic rings. The molecule has 1 amide bonds. The van der Waals surface area contributed by atoms with Gasteiger partial charge in [0.2, 0.25) is 0 Å². The summed E-state index contributed by atoms with van der Waals surface area (Å²) in [5.41, 5.74) is 1.75. The molecule has 9 heteroatoms. The van der Waals surface area contributed by atoms with Crippen molar-refractivity contribution in [3.63, 3.8) is 0 Å². The van der Waals surface area contributed by atoms with Crippen LogP contribution in [0, 0.1) is 12.7 Å². The van der Waals surface area contributed by atoms with Gasteiger partial charge >= 0.3 is 0 Å². The second-order valence-electron chi connectivity index (χ2n) is 7.24. The van der Waals surface area contributed by atoms with Gasteiger partial charge in [0.25, 0.3) is 5.91 Å². The number of carbonyl (C=O) groups is 1. The third-order valence-electron chi connectivity index (χ3n) is 4.40. The summed E-state index contributed by atoms with van der Waals surface area (Å²) >= 11 is 0. The Hall–Kier alpha value is -3.20. The van der Waals surface area contributed by atoms with Gasteiger partial charge in [-0.05, 0) is 48.0 Å². The van der Waals surface area contributed by atoms with Gasteiger partial charge in [-0.25, -0.2) is 4.39 Å². The van der Waals surface area contributed by atoms with Crippen molar-refractivity contribution in [2.45, 2.75) is 39.7 Å². The van der Waals surface area contributed by atoms with Crippen LogP contribution in [0.4, 0.5) is 4.39 Å². The van der Waals surface area contributed by atoms with Crippen molar-refractivity contribution >= 4 is 5.91 Å². The molecule has 0 saturated heterocycles. The number of aromatic nitrogens is 5. The van der Waals surface area contributed by atoms with Crippen molar-refractivity contribution in [3.8, 4) is 16.9 Å². The molecule has 0 aliphatic rings. The van der Waals surface area contributed by atoms with Crippen molar-refractivity contribution < 1.29 is 14.3 Å². The topological polar surface area (TPSA) is 106 Å². The Bertz CT molecular complexity index is 1020. The first kappa shape index (κ1) is 20.5. The molecule has 0 aliphatic carbocycles. The third-order valence-corrected chi connectivity index (χ3v) is 4.40. The molecule has 8 nitrogen and oxygen atoms in total. The van der Waals surface area contributed by atoms with E-state index in [1.54, 1.807) is 25.3 Å². The minimum atomic E-state index is -0.702. The van der Waals surface area contributed by atoms with Crippen molar-refractivity contribution in [1.82, 2.24) is 30.5 Å². The number of aliphatic hydroxyl groups is 1. The van der Waals surface area contributed by atoms with Gasteiger partial charge < -0.3 is 10.4 Å². The Labute approximate surface area is 167 Å². The number of hydrogen-bond donors (Lipinski definition) is 2. The summed E-state index contributed by atoms with van der Waals surface area (Å²) < 4.78 is 16.8. The number of aliphatic hydroxyl groups excluding tert-OH is 1. The quantitative estimate of drug-likeness (QED) is 0.661. The normalized spacial score (nSPS) is 12.2. The van der Waals surface area contributed by atoms with Gasteiger partial charge in [-0.3, -0.25) is 9.78 Å². The molecule has 1 unspecified atom stereocenters. The van der Waals surface area contributed by atoms with E-state index < -0.39 is 17.8 Å². The van der Waals surface area contributed by atoms with Gasteiger partial charge in [-0.15, -0.1) is 5.10 Å². The maximum Gasteiger partial charge on any atom is 0.254 e. The standard InChI is InChI=1S/C20H23FN6O2/c1-11(2)19-24-25-26-27(19)14-7-15(17-6-5-12(3)9-22-17)18(21)16(8-14)20(29)23-13(4)10-28/h5-9,11,13,28H,10H2,1-4H3,(H,23,29). The molecule has 0 fully saturated rings. The number of benzene rings is 1. The predicted octanol–water partition coefficient (Wildman–Crippen LogP) is 2.41. The highest BCUT2D eigenvalue weighted by Crippen LogP contribution is 2.28. The number of rotatable bonds is 6. The molecule has 29 heavy (non-hydrogen) atoms. The largest absolute Gasteiger partial charge is 0.394 e. The zero-order valence-corrected chi connectivity index (χ0v) is 16.7. The monoisotopic (exact) mass is 398 g/mol. The third kappa shape index (κ3) is 4.29. The smallest absolute Gasteiger partial charge is 0.254 e. The Kier molecular flexibility index (Phi) is 5.97. The molecule has 0 spiro atoms. The predicted molar refractivity (Wildman–Crippen MR) is 105 cm³/mol. The van der Waals surface area contributed by atoms with E-state index in [0.29, 0.717) is 17.2 Å². The van der Waals surface area contributed by atoms with Crippen LogP contribution in [0.2, 0.25) is 0 Å². The summed E-state index contributed by atoms with van der Waals surface area (Å²) in [6.45, 7) is 7.12. The SMILES string of the molecule is Cc1ccc(-c2cc(-n3nnnc3C(C)C)cc(C(=O)NC(C)CO)c2F)nc1. The average Bonchev–Trinajstić information content (AvgIpc) is 3.19. The van der Waals surface area contributed by atoms with E-state index in [1.165, 1.54) is 10.7 Å². The summed E-state index contributed by atoms with van der Waals surface area (Å²) in [5, 5.41) is 23.5. The molecule has 0 bridgehead atoms. The van der Waals surface area contributed by atoms with Crippen LogP contribution in [0.15, 0.2) is 30.5 Å². The van der Waals surface area contributed by atoms with Crippen molar-refractivity contribution in [1.29, 1.82) is 0 Å². The number of nitrogens with one attached hydrogen (secondary N) is 1. The van der Waals surface area contributed by atoms with E-state index in [4.69, 9.17) is 0 Å². The van der Waals surface area contributed by atoms with Gasteiger partial charge in [0.15, 0.2) is 5.82 Å². The Morgan fingerprint density at radius 1 is 1.28 bits per heavy atom.